The third-order valence-electron chi connectivity index (χ3n) is 2.65. The second kappa shape index (κ2) is 7.02. The smallest absolute Gasteiger partial charge is 0.267 e. The van der Waals surface area contributed by atoms with Gasteiger partial charge < -0.3 is 0 Å². The molecule has 8 heteroatoms. The predicted octanol–water partition coefficient (Wildman–Crippen LogP) is 3.67. The van der Waals surface area contributed by atoms with Gasteiger partial charge in [0.05, 0.1) is 11.1 Å². The lowest BCUT2D eigenvalue weighted by molar-refractivity contribution is -0.384. The quantitative estimate of drug-likeness (QED) is 0.524. The lowest BCUT2D eigenvalue weighted by atomic mass is 10.2. The number of carbonyl (C=O) groups is 1. The standard InChI is InChI=1S/C14H9Cl2N3O3/c15-11-4-1-9(2-5-11)8-17-18-14(20)10-3-6-12(16)13(7-10)19(21)22/h1-8H,(H,18,20). The van der Waals surface area contributed by atoms with Crippen molar-refractivity contribution in [3.63, 3.8) is 0 Å². The highest BCUT2D eigenvalue weighted by Gasteiger charge is 2.15. The van der Waals surface area contributed by atoms with Crippen LogP contribution in [-0.2, 0) is 0 Å². The zero-order valence-corrected chi connectivity index (χ0v) is 12.5. The van der Waals surface area contributed by atoms with Crippen LogP contribution in [0.2, 0.25) is 10.0 Å². The second-order valence-corrected chi connectivity index (χ2v) is 5.02. The molecule has 0 fully saturated rings. The SMILES string of the molecule is O=C(NN=Cc1ccc(Cl)cc1)c1ccc(Cl)c([N+](=O)[O-])c1. The van der Waals surface area contributed by atoms with Crippen LogP contribution in [0.25, 0.3) is 0 Å². The molecule has 0 atom stereocenters. The fourth-order valence-corrected chi connectivity index (χ4v) is 1.89. The van der Waals surface area contributed by atoms with Gasteiger partial charge in [0, 0.05) is 16.7 Å². The van der Waals surface area contributed by atoms with E-state index in [4.69, 9.17) is 23.2 Å². The molecule has 0 heterocycles. The van der Waals surface area contributed by atoms with Gasteiger partial charge in [0.2, 0.25) is 0 Å². The number of nitrogens with zero attached hydrogens (tertiary/aromatic N) is 2. The van der Waals surface area contributed by atoms with E-state index < -0.39 is 10.8 Å². The molecule has 112 valence electrons. The highest BCUT2D eigenvalue weighted by Crippen LogP contribution is 2.24. The molecule has 1 N–H and O–H groups in total. The first kappa shape index (κ1) is 15.9. The van der Waals surface area contributed by atoms with E-state index >= 15 is 0 Å². The van der Waals surface area contributed by atoms with Crippen molar-refractivity contribution >= 4 is 41.0 Å². The Hall–Kier alpha value is -2.44. The third kappa shape index (κ3) is 4.03. The fourth-order valence-electron chi connectivity index (χ4n) is 1.57. The summed E-state index contributed by atoms with van der Waals surface area (Å²) in [4.78, 5) is 22.0. The summed E-state index contributed by atoms with van der Waals surface area (Å²) in [5.74, 6) is -0.579. The molecule has 0 unspecified atom stereocenters. The number of hydrazone groups is 1. The molecular formula is C14H9Cl2N3O3. The monoisotopic (exact) mass is 337 g/mol. The maximum atomic E-state index is 11.9. The second-order valence-electron chi connectivity index (χ2n) is 4.17. The summed E-state index contributed by atoms with van der Waals surface area (Å²) in [5, 5.41) is 15.1. The Morgan fingerprint density at radius 1 is 1.18 bits per heavy atom. The Bertz CT molecular complexity index is 745. The fraction of sp³-hybridized carbons (Fsp3) is 0. The first-order valence-corrected chi connectivity index (χ1v) is 6.76. The van der Waals surface area contributed by atoms with E-state index in [1.807, 2.05) is 0 Å². The number of nitrogens with one attached hydrogen (secondary N) is 1. The number of amides is 1. The Kier molecular flexibility index (Phi) is 5.08. The Balaban J connectivity index is 2.08. The van der Waals surface area contributed by atoms with Crippen LogP contribution in [0, 0.1) is 10.1 Å². The molecule has 22 heavy (non-hydrogen) atoms. The number of halogens is 2. The van der Waals surface area contributed by atoms with E-state index in [0.717, 1.165) is 11.6 Å². The first-order chi connectivity index (χ1) is 10.5. The van der Waals surface area contributed by atoms with Gasteiger partial charge in [0.1, 0.15) is 5.02 Å². The van der Waals surface area contributed by atoms with Gasteiger partial charge >= 0.3 is 0 Å². The van der Waals surface area contributed by atoms with Crippen LogP contribution in [0.5, 0.6) is 0 Å². The summed E-state index contributed by atoms with van der Waals surface area (Å²) in [6, 6.07) is 10.6. The molecule has 0 aliphatic heterocycles. The topological polar surface area (TPSA) is 84.6 Å². The average molecular weight is 338 g/mol. The van der Waals surface area contributed by atoms with E-state index in [1.165, 1.54) is 18.3 Å². The third-order valence-corrected chi connectivity index (χ3v) is 3.23. The molecule has 2 aromatic rings. The Morgan fingerprint density at radius 2 is 1.86 bits per heavy atom. The molecule has 6 nitrogen and oxygen atoms in total. The van der Waals surface area contributed by atoms with Crippen molar-refractivity contribution in [3.8, 4) is 0 Å². The van der Waals surface area contributed by atoms with Gasteiger partial charge in [-0.2, -0.15) is 5.10 Å². The van der Waals surface area contributed by atoms with Gasteiger partial charge in [-0.05, 0) is 29.8 Å². The number of hydrogen-bond donors (Lipinski definition) is 1. The molecule has 0 aliphatic rings. The van der Waals surface area contributed by atoms with Crippen molar-refractivity contribution in [2.45, 2.75) is 0 Å². The largest absolute Gasteiger partial charge is 0.288 e. The van der Waals surface area contributed by atoms with Crippen molar-refractivity contribution in [2.24, 2.45) is 5.10 Å². The van der Waals surface area contributed by atoms with Crippen LogP contribution in [0.1, 0.15) is 15.9 Å². The number of benzene rings is 2. The van der Waals surface area contributed by atoms with E-state index in [2.05, 4.69) is 10.5 Å². The molecule has 0 saturated heterocycles. The molecule has 1 amide bonds. The molecule has 0 aromatic heterocycles. The van der Waals surface area contributed by atoms with Crippen LogP contribution in [0.3, 0.4) is 0 Å². The van der Waals surface area contributed by atoms with Crippen molar-refractivity contribution < 1.29 is 9.72 Å². The van der Waals surface area contributed by atoms with Crippen LogP contribution >= 0.6 is 23.2 Å². The molecule has 0 aliphatic carbocycles. The summed E-state index contributed by atoms with van der Waals surface area (Å²) in [6.07, 6.45) is 1.43. The molecular weight excluding hydrogens is 329 g/mol. The minimum Gasteiger partial charge on any atom is -0.267 e. The minimum absolute atomic E-state index is 0.0359. The number of nitro groups is 1. The van der Waals surface area contributed by atoms with E-state index in [9.17, 15) is 14.9 Å². The van der Waals surface area contributed by atoms with Crippen molar-refractivity contribution in [3.05, 3.63) is 73.8 Å². The average Bonchev–Trinajstić information content (AvgIpc) is 2.49. The highest BCUT2D eigenvalue weighted by molar-refractivity contribution is 6.32. The van der Waals surface area contributed by atoms with Crippen molar-refractivity contribution in [2.75, 3.05) is 0 Å². The zero-order chi connectivity index (χ0) is 16.1. The lowest BCUT2D eigenvalue weighted by Gasteiger charge is -2.01. The van der Waals surface area contributed by atoms with Crippen LogP contribution in [0.15, 0.2) is 47.6 Å². The number of rotatable bonds is 4. The minimum atomic E-state index is -0.657. The van der Waals surface area contributed by atoms with Gasteiger partial charge in [-0.1, -0.05) is 35.3 Å². The molecule has 0 spiro atoms. The van der Waals surface area contributed by atoms with Gasteiger partial charge in [-0.25, -0.2) is 5.43 Å². The zero-order valence-electron chi connectivity index (χ0n) is 11.0. The molecule has 2 aromatic carbocycles. The maximum Gasteiger partial charge on any atom is 0.288 e. The molecule has 0 bridgehead atoms. The van der Waals surface area contributed by atoms with E-state index in [0.29, 0.717) is 5.02 Å². The Labute approximate surface area is 135 Å². The number of hydrogen-bond acceptors (Lipinski definition) is 4. The van der Waals surface area contributed by atoms with Gasteiger partial charge in [0.15, 0.2) is 0 Å². The normalized spacial score (nSPS) is 10.6. The summed E-state index contributed by atoms with van der Waals surface area (Å²) in [7, 11) is 0. The number of carbonyl (C=O) groups excluding carboxylic acids is 1. The first-order valence-electron chi connectivity index (χ1n) is 6.00. The Morgan fingerprint density at radius 3 is 2.50 bits per heavy atom. The van der Waals surface area contributed by atoms with E-state index in [1.54, 1.807) is 24.3 Å². The van der Waals surface area contributed by atoms with Crippen LogP contribution in [-0.4, -0.2) is 17.0 Å². The predicted molar refractivity (Wildman–Crippen MR) is 84.6 cm³/mol. The summed E-state index contributed by atoms with van der Waals surface area (Å²) in [5.41, 5.74) is 2.77. The van der Waals surface area contributed by atoms with Crippen LogP contribution in [0.4, 0.5) is 5.69 Å². The maximum absolute atomic E-state index is 11.9. The summed E-state index contributed by atoms with van der Waals surface area (Å²) < 4.78 is 0. The highest BCUT2D eigenvalue weighted by atomic mass is 35.5. The van der Waals surface area contributed by atoms with Crippen LogP contribution < -0.4 is 5.43 Å². The van der Waals surface area contributed by atoms with Gasteiger partial charge in [-0.3, -0.25) is 14.9 Å². The molecule has 2 rings (SSSR count). The summed E-state index contributed by atoms with van der Waals surface area (Å²) in [6.45, 7) is 0. The molecule has 0 saturated carbocycles. The van der Waals surface area contributed by atoms with Gasteiger partial charge in [0.25, 0.3) is 11.6 Å². The van der Waals surface area contributed by atoms with Crippen molar-refractivity contribution in [1.29, 1.82) is 0 Å². The van der Waals surface area contributed by atoms with Crippen molar-refractivity contribution in [1.82, 2.24) is 5.43 Å². The summed E-state index contributed by atoms with van der Waals surface area (Å²) >= 11 is 11.4. The van der Waals surface area contributed by atoms with E-state index in [-0.39, 0.29) is 16.3 Å². The van der Waals surface area contributed by atoms with Gasteiger partial charge in [-0.15, -0.1) is 0 Å². The lowest BCUT2D eigenvalue weighted by Crippen LogP contribution is -2.17. The number of nitro benzene ring substituents is 1. The molecule has 0 radical (unpaired) electrons.